The molecule has 2 aliphatic rings. The number of amides is 4. The molecule has 0 aliphatic heterocycles. The predicted octanol–water partition coefficient (Wildman–Crippen LogP) is 0.377. The number of hydrogen-bond acceptors (Lipinski definition) is 7. The van der Waals surface area contributed by atoms with Gasteiger partial charge in [-0.25, -0.2) is 0 Å². The van der Waals surface area contributed by atoms with E-state index in [2.05, 4.69) is 20.9 Å². The second kappa shape index (κ2) is 20.1. The largest absolute Gasteiger partial charge is 0.370 e. The van der Waals surface area contributed by atoms with E-state index >= 15 is 0 Å². The number of hydrogen-bond donors (Lipinski definition) is 8. The number of unbranched alkanes of at least 4 members (excludes halogenated alkanes) is 1. The molecule has 0 spiro atoms. The van der Waals surface area contributed by atoms with Crippen molar-refractivity contribution in [1.82, 2.24) is 16.0 Å². The highest BCUT2D eigenvalue weighted by molar-refractivity contribution is 5.94. The topological polar surface area (TPSA) is 247 Å². The number of guanidine groups is 1. The fourth-order valence-corrected chi connectivity index (χ4v) is 6.25. The van der Waals surface area contributed by atoms with Crippen LogP contribution in [0, 0.1) is 11.8 Å². The average Bonchev–Trinajstić information content (AvgIpc) is 2.98. The Morgan fingerprint density at radius 3 is 1.72 bits per heavy atom. The number of aliphatic imine (C=N–C) groups is 1. The molecule has 13 nitrogen and oxygen atoms in total. The summed E-state index contributed by atoms with van der Waals surface area (Å²) in [4.78, 5) is 56.4. The van der Waals surface area contributed by atoms with E-state index in [1.54, 1.807) is 0 Å². The van der Waals surface area contributed by atoms with E-state index in [4.69, 9.17) is 28.7 Å². The minimum absolute atomic E-state index is 0.0563. The lowest BCUT2D eigenvalue weighted by Gasteiger charge is -2.29. The predicted molar refractivity (Wildman–Crippen MR) is 168 cm³/mol. The van der Waals surface area contributed by atoms with Crippen LogP contribution >= 0.6 is 0 Å². The zero-order valence-electron chi connectivity index (χ0n) is 25.9. The fourth-order valence-electron chi connectivity index (χ4n) is 6.25. The molecule has 2 saturated carbocycles. The summed E-state index contributed by atoms with van der Waals surface area (Å²) in [5, 5.41) is 8.47. The molecule has 2 rings (SSSR count). The molecule has 4 amide bonds. The zero-order chi connectivity index (χ0) is 31.6. The number of rotatable bonds is 19. The van der Waals surface area contributed by atoms with Gasteiger partial charge in [-0.05, 0) is 63.3 Å². The van der Waals surface area contributed by atoms with Gasteiger partial charge in [-0.15, -0.1) is 0 Å². The number of nitrogens with one attached hydrogen (secondary N) is 3. The van der Waals surface area contributed by atoms with Crippen LogP contribution in [0.15, 0.2) is 4.99 Å². The summed E-state index contributed by atoms with van der Waals surface area (Å²) in [5.74, 6) is -1.38. The average molecular weight is 608 g/mol. The highest BCUT2D eigenvalue weighted by Crippen LogP contribution is 2.28. The quantitative estimate of drug-likeness (QED) is 0.0577. The summed E-state index contributed by atoms with van der Waals surface area (Å²) in [7, 11) is 0. The van der Waals surface area contributed by atoms with Crippen molar-refractivity contribution in [2.24, 2.45) is 45.5 Å². The van der Waals surface area contributed by atoms with Crippen molar-refractivity contribution >= 4 is 29.6 Å². The first-order chi connectivity index (χ1) is 20.6. The third kappa shape index (κ3) is 14.4. The van der Waals surface area contributed by atoms with Crippen LogP contribution in [-0.4, -0.2) is 66.8 Å². The van der Waals surface area contributed by atoms with E-state index in [1.807, 2.05) is 0 Å². The zero-order valence-corrected chi connectivity index (χ0v) is 25.9. The normalized spacial score (nSPS) is 18.9. The summed E-state index contributed by atoms with van der Waals surface area (Å²) in [6.07, 6.45) is 14.2. The van der Waals surface area contributed by atoms with Gasteiger partial charge in [0.2, 0.25) is 23.6 Å². The Balaban J connectivity index is 2.15. The molecular weight excluding hydrogens is 550 g/mol. The fraction of sp³-hybridized carbons (Fsp3) is 0.833. The summed E-state index contributed by atoms with van der Waals surface area (Å²) >= 11 is 0. The lowest BCUT2D eigenvalue weighted by atomic mass is 9.84. The second-order valence-corrected chi connectivity index (χ2v) is 12.4. The third-order valence-electron chi connectivity index (χ3n) is 8.76. The maximum absolute atomic E-state index is 13.7. The van der Waals surface area contributed by atoms with E-state index in [9.17, 15) is 19.2 Å². The van der Waals surface area contributed by atoms with Crippen LogP contribution in [0.3, 0.4) is 0 Å². The Morgan fingerprint density at radius 2 is 1.16 bits per heavy atom. The van der Waals surface area contributed by atoms with Crippen molar-refractivity contribution in [2.45, 2.75) is 133 Å². The number of nitrogens with zero attached hydrogens (tertiary/aromatic N) is 1. The third-order valence-corrected chi connectivity index (χ3v) is 8.76. The molecule has 0 saturated heterocycles. The van der Waals surface area contributed by atoms with Gasteiger partial charge in [0.15, 0.2) is 5.96 Å². The Labute approximate surface area is 256 Å². The number of primary amides is 1. The van der Waals surface area contributed by atoms with Gasteiger partial charge in [0.25, 0.3) is 0 Å². The Hall–Kier alpha value is -2.93. The number of carbonyl (C=O) groups is 4. The molecule has 4 atom stereocenters. The monoisotopic (exact) mass is 607 g/mol. The summed E-state index contributed by atoms with van der Waals surface area (Å²) in [6, 6.07) is -3.42. The van der Waals surface area contributed by atoms with Crippen molar-refractivity contribution in [3.63, 3.8) is 0 Å². The molecule has 0 aromatic rings. The van der Waals surface area contributed by atoms with E-state index in [1.165, 1.54) is 6.42 Å². The Bertz CT molecular complexity index is 900. The van der Waals surface area contributed by atoms with Crippen molar-refractivity contribution in [3.05, 3.63) is 0 Å². The maximum atomic E-state index is 13.7. The van der Waals surface area contributed by atoms with Crippen molar-refractivity contribution in [1.29, 1.82) is 0 Å². The van der Waals surface area contributed by atoms with Gasteiger partial charge < -0.3 is 44.6 Å². The van der Waals surface area contributed by atoms with Gasteiger partial charge >= 0.3 is 0 Å². The van der Waals surface area contributed by atoms with E-state index in [-0.39, 0.29) is 24.8 Å². The van der Waals surface area contributed by atoms with Gasteiger partial charge in [0, 0.05) is 6.54 Å². The van der Waals surface area contributed by atoms with E-state index in [0.29, 0.717) is 51.0 Å². The minimum atomic E-state index is -0.933. The number of carbonyl (C=O) groups excluding carboxylic acids is 4. The first-order valence-electron chi connectivity index (χ1n) is 16.3. The first-order valence-corrected chi connectivity index (χ1v) is 16.3. The van der Waals surface area contributed by atoms with Crippen molar-refractivity contribution in [2.75, 3.05) is 13.1 Å². The molecular formula is C30H57N9O4. The molecule has 0 aromatic carbocycles. The van der Waals surface area contributed by atoms with Crippen LogP contribution in [0.25, 0.3) is 0 Å². The summed E-state index contributed by atoms with van der Waals surface area (Å²) in [6.45, 7) is 0.756. The van der Waals surface area contributed by atoms with Crippen molar-refractivity contribution < 1.29 is 19.2 Å². The van der Waals surface area contributed by atoms with Crippen LogP contribution < -0.4 is 44.6 Å². The lowest BCUT2D eigenvalue weighted by molar-refractivity contribution is -0.134. The van der Waals surface area contributed by atoms with Crippen LogP contribution in [0.5, 0.6) is 0 Å². The SMILES string of the molecule is NCCCCC(NC(=O)C(CC1CCCCC1)NC(=O)C(CCCN=C(N)N)NC(=O)C(N)CC1CCCCC1)C(N)=O. The van der Waals surface area contributed by atoms with Gasteiger partial charge in [0.05, 0.1) is 6.04 Å². The molecule has 13 heteroatoms. The van der Waals surface area contributed by atoms with Crippen molar-refractivity contribution in [3.8, 4) is 0 Å². The van der Waals surface area contributed by atoms with Gasteiger partial charge in [-0.3, -0.25) is 24.2 Å². The standard InChI is InChI=1S/C30H57N9O4/c31-16-8-7-14-23(26(33)40)37-29(43)25(19-21-12-5-2-6-13-21)39-28(42)24(15-9-17-36-30(34)35)38-27(41)22(32)18-20-10-3-1-4-11-20/h20-25H,1-19,31-32H2,(H2,33,40)(H,37,43)(H,38,41)(H,39,42)(H4,34,35,36). The smallest absolute Gasteiger partial charge is 0.243 e. The molecule has 43 heavy (non-hydrogen) atoms. The molecule has 2 aliphatic carbocycles. The van der Waals surface area contributed by atoms with E-state index in [0.717, 1.165) is 57.8 Å². The maximum Gasteiger partial charge on any atom is 0.243 e. The summed E-state index contributed by atoms with van der Waals surface area (Å²) in [5.41, 5.74) is 28.3. The van der Waals surface area contributed by atoms with E-state index < -0.39 is 47.8 Å². The molecule has 4 unspecified atom stereocenters. The highest BCUT2D eigenvalue weighted by atomic mass is 16.2. The molecule has 13 N–H and O–H groups in total. The molecule has 2 fully saturated rings. The van der Waals surface area contributed by atoms with Gasteiger partial charge in [0.1, 0.15) is 18.1 Å². The minimum Gasteiger partial charge on any atom is -0.370 e. The van der Waals surface area contributed by atoms with Crippen LogP contribution in [0.1, 0.15) is 109 Å². The van der Waals surface area contributed by atoms with Gasteiger partial charge in [-0.2, -0.15) is 0 Å². The van der Waals surface area contributed by atoms with Crippen LogP contribution in [0.4, 0.5) is 0 Å². The first kappa shape index (κ1) is 36.3. The molecule has 0 bridgehead atoms. The van der Waals surface area contributed by atoms with Gasteiger partial charge in [-0.1, -0.05) is 64.2 Å². The number of nitrogens with two attached hydrogens (primary N) is 5. The molecule has 0 heterocycles. The Morgan fingerprint density at radius 1 is 0.651 bits per heavy atom. The van der Waals surface area contributed by atoms with Crippen LogP contribution in [-0.2, 0) is 19.2 Å². The second-order valence-electron chi connectivity index (χ2n) is 12.4. The van der Waals surface area contributed by atoms with Crippen LogP contribution in [0.2, 0.25) is 0 Å². The summed E-state index contributed by atoms with van der Waals surface area (Å²) < 4.78 is 0. The lowest BCUT2D eigenvalue weighted by Crippen LogP contribution is -2.58. The Kier molecular flexibility index (Phi) is 17.0. The molecule has 246 valence electrons. The molecule has 0 aromatic heterocycles. The highest BCUT2D eigenvalue weighted by Gasteiger charge is 2.32. The molecule has 0 radical (unpaired) electrons.